The number of anilines is 5. The Bertz CT molecular complexity index is 5780. The van der Waals surface area contributed by atoms with E-state index in [-0.39, 0.29) is 31.6 Å². The molecule has 1 atom stereocenters. The lowest BCUT2D eigenvalue weighted by Gasteiger charge is -2.28. The summed E-state index contributed by atoms with van der Waals surface area (Å²) in [6.07, 6.45) is 21.8. The molecule has 2 amide bonds. The first-order chi connectivity index (χ1) is 54.1. The number of amides is 2. The van der Waals surface area contributed by atoms with Crippen LogP contribution in [-0.2, 0) is 35.7 Å². The van der Waals surface area contributed by atoms with Gasteiger partial charge in [-0.15, -0.1) is 11.3 Å². The molecule has 1 saturated heterocycles. The number of aryl methyl sites for hydroxylation is 1. The summed E-state index contributed by atoms with van der Waals surface area (Å²) >= 11 is 8.75. The fourth-order valence-corrected chi connectivity index (χ4v) is 13.6. The van der Waals surface area contributed by atoms with E-state index in [0.717, 1.165) is 96.2 Å². The molecule has 1 fully saturated rings. The number of aromatic nitrogens is 16. The second-order valence-electron chi connectivity index (χ2n) is 27.7. The van der Waals surface area contributed by atoms with Crippen LogP contribution in [0.2, 0.25) is 0 Å². The molecule has 112 heavy (non-hydrogen) atoms. The Morgan fingerprint density at radius 1 is 0.580 bits per heavy atom. The standard InChI is InChI=1S/C24H22N6O2.C23H22FN5O2.C17H19BrN6O.C17H14BrN5S/c1-24(2,3)32-23(31)29(16-17-7-6-11-26-15-17)22-14-20(28-21-10-12-27-30(21)22)18-8-5-9-19(13-18)25-4;1-23(2,3)31-22(30)28(15-16-5-4-11-25-14-16)21-13-19(17-6-8-18(24)9-7-17)27-20-10-12-26-29(20)21;18-14-10-21-24-15(20-9-12-3-1-5-19-8-12)7-16(22-17(14)24)23-6-2-4-13(23)11-25;1-11-4-6-24-16(11)14-7-15(20-9-12-3-2-5-19-8-12)23-17(22-14)13(18)10-21-23/h5-15H,16H2,1-3H3;4-14H,15H2,1-3H3;1,3,5,7-8,10,13,20,25H,2,4,6,9,11H2;2-8,10,20H,9H2,1H3/t;;13-;/m..1./s1. The molecule has 0 saturated carbocycles. The highest BCUT2D eigenvalue weighted by Crippen LogP contribution is 2.35. The average molecular weight is 1650 g/mol. The topological polar surface area (TPSA) is 283 Å². The molecule has 0 bridgehead atoms. The van der Waals surface area contributed by atoms with Crippen LogP contribution in [0, 0.1) is 19.3 Å². The van der Waals surface area contributed by atoms with Crippen molar-refractivity contribution in [2.75, 3.05) is 38.5 Å². The van der Waals surface area contributed by atoms with Gasteiger partial charge in [-0.2, -0.15) is 38.5 Å². The number of carbonyl (C=O) groups excluding carboxylic acids is 2. The summed E-state index contributed by atoms with van der Waals surface area (Å²) in [4.78, 5) is 71.7. The molecular weight excluding hydrogens is 1570 g/mol. The van der Waals surface area contributed by atoms with E-state index in [1.165, 1.54) is 32.4 Å². The van der Waals surface area contributed by atoms with Crippen molar-refractivity contribution in [2.45, 2.75) is 105 Å². The fraction of sp³-hybridized carbons (Fsp3) is 0.222. The molecule has 16 rings (SSSR count). The highest BCUT2D eigenvalue weighted by atomic mass is 79.9. The smallest absolute Gasteiger partial charge is 0.416 e. The summed E-state index contributed by atoms with van der Waals surface area (Å²) < 4.78 is 33.3. The second kappa shape index (κ2) is 35.0. The zero-order valence-corrected chi connectivity index (χ0v) is 66.1. The number of aliphatic hydroxyl groups is 1. The van der Waals surface area contributed by atoms with Crippen LogP contribution < -0.4 is 25.3 Å². The predicted octanol–water partition coefficient (Wildman–Crippen LogP) is 17.2. The Labute approximate surface area is 665 Å². The largest absolute Gasteiger partial charge is 0.443 e. The van der Waals surface area contributed by atoms with Crippen molar-refractivity contribution in [2.24, 2.45) is 0 Å². The van der Waals surface area contributed by atoms with Gasteiger partial charge in [-0.25, -0.2) is 38.8 Å². The predicted molar refractivity (Wildman–Crippen MR) is 436 cm³/mol. The summed E-state index contributed by atoms with van der Waals surface area (Å²) in [5.41, 5.74) is 10.6. The molecule has 31 heteroatoms. The first-order valence-electron chi connectivity index (χ1n) is 35.6. The average Bonchev–Trinajstić information content (AvgIpc) is 1.52. The number of benzene rings is 2. The van der Waals surface area contributed by atoms with E-state index >= 15 is 0 Å². The van der Waals surface area contributed by atoms with Crippen molar-refractivity contribution in [1.82, 2.24) is 78.3 Å². The lowest BCUT2D eigenvalue weighted by atomic mass is 10.1. The van der Waals surface area contributed by atoms with Crippen LogP contribution in [0.15, 0.2) is 228 Å². The number of hydrogen-bond donors (Lipinski definition) is 3. The van der Waals surface area contributed by atoms with Gasteiger partial charge in [0.2, 0.25) is 0 Å². The van der Waals surface area contributed by atoms with E-state index in [0.29, 0.717) is 53.1 Å². The Hall–Kier alpha value is -12.5. The third-order valence-corrected chi connectivity index (χ3v) is 19.4. The van der Waals surface area contributed by atoms with E-state index < -0.39 is 23.4 Å². The number of carbonyl (C=O) groups is 2. The zero-order chi connectivity index (χ0) is 78.5. The first kappa shape index (κ1) is 77.7. The number of ether oxygens (including phenoxy) is 2. The molecule has 1 aliphatic rings. The molecule has 0 radical (unpaired) electrons. The second-order valence-corrected chi connectivity index (χ2v) is 30.4. The van der Waals surface area contributed by atoms with Gasteiger partial charge in [-0.05, 0) is 193 Å². The maximum absolute atomic E-state index is 13.4. The van der Waals surface area contributed by atoms with E-state index in [9.17, 15) is 19.1 Å². The number of rotatable bonds is 17. The Kier molecular flexibility index (Phi) is 24.3. The first-order valence-corrected chi connectivity index (χ1v) is 38.1. The molecule has 0 spiro atoms. The van der Waals surface area contributed by atoms with Gasteiger partial charge >= 0.3 is 12.2 Å². The van der Waals surface area contributed by atoms with Crippen LogP contribution in [-0.4, -0.2) is 126 Å². The minimum Gasteiger partial charge on any atom is -0.443 e. The van der Waals surface area contributed by atoms with Crippen molar-refractivity contribution < 1.29 is 28.6 Å². The summed E-state index contributed by atoms with van der Waals surface area (Å²) in [5.74, 6) is 3.27. The van der Waals surface area contributed by atoms with E-state index in [2.05, 4.69) is 121 Å². The van der Waals surface area contributed by atoms with Gasteiger partial charge in [0.05, 0.1) is 88.0 Å². The highest BCUT2D eigenvalue weighted by molar-refractivity contribution is 9.11. The van der Waals surface area contributed by atoms with Crippen LogP contribution in [0.4, 0.5) is 48.8 Å². The molecule has 14 heterocycles. The van der Waals surface area contributed by atoms with Gasteiger partial charge in [0.1, 0.15) is 46.1 Å². The van der Waals surface area contributed by atoms with Crippen LogP contribution >= 0.6 is 43.2 Å². The lowest BCUT2D eigenvalue weighted by molar-refractivity contribution is 0.0564. The van der Waals surface area contributed by atoms with E-state index in [4.69, 9.17) is 26.0 Å². The van der Waals surface area contributed by atoms with Crippen molar-refractivity contribution in [1.29, 1.82) is 0 Å². The maximum Gasteiger partial charge on any atom is 0.416 e. The molecule has 2 aromatic carbocycles. The summed E-state index contributed by atoms with van der Waals surface area (Å²) in [7, 11) is 0. The summed E-state index contributed by atoms with van der Waals surface area (Å²) in [5, 5.41) is 36.1. The molecule has 0 aliphatic carbocycles. The number of fused-ring (bicyclic) bond motifs is 4. The van der Waals surface area contributed by atoms with Gasteiger partial charge in [-0.1, -0.05) is 42.5 Å². The Morgan fingerprint density at radius 3 is 1.57 bits per heavy atom. The van der Waals surface area contributed by atoms with Crippen molar-refractivity contribution in [3.8, 4) is 33.1 Å². The molecule has 1 aliphatic heterocycles. The van der Waals surface area contributed by atoms with Crippen molar-refractivity contribution in [3.63, 3.8) is 0 Å². The number of halogens is 3. The normalized spacial score (nSPS) is 12.6. The van der Waals surface area contributed by atoms with Gasteiger partial charge < -0.3 is 30.1 Å². The third-order valence-electron chi connectivity index (χ3n) is 17.2. The van der Waals surface area contributed by atoms with Gasteiger partial charge in [-0.3, -0.25) is 29.7 Å². The van der Waals surface area contributed by atoms with Gasteiger partial charge in [0, 0.05) is 111 Å². The number of nitrogens with zero attached hydrogens (tertiary/aromatic N) is 20. The molecule has 0 unspecified atom stereocenters. The highest BCUT2D eigenvalue weighted by Gasteiger charge is 2.31. The quantitative estimate of drug-likeness (QED) is 0.0714. The van der Waals surface area contributed by atoms with Crippen molar-refractivity contribution in [3.05, 3.63) is 273 Å². The molecule has 3 N–H and O–H groups in total. The lowest BCUT2D eigenvalue weighted by Crippen LogP contribution is -2.37. The maximum atomic E-state index is 13.4. The number of pyridine rings is 4. The number of aliphatic hydroxyl groups excluding tert-OH is 1. The zero-order valence-electron chi connectivity index (χ0n) is 62.1. The third kappa shape index (κ3) is 19.2. The molecule has 15 aromatic rings. The van der Waals surface area contributed by atoms with Crippen LogP contribution in [0.5, 0.6) is 0 Å². The molecule has 13 aromatic heterocycles. The SMILES string of the molecule is CC(C)(C)OC(=O)N(Cc1cccnc1)c1cc(-c2ccc(F)cc2)nc2ccnn12.Cc1ccsc1-c1cc(NCc2cccnc2)n2ncc(Br)c2n1.OC[C@H]1CCCN1c1cc(NCc2cccnc2)n2ncc(Br)c2n1.[C-]#[N+]c1cccc(-c2cc(N(Cc3cccnc3)C(=O)OC(C)(C)C)n3nccc3n2)c1. The Morgan fingerprint density at radius 2 is 1.09 bits per heavy atom. The Balaban J connectivity index is 0.000000132. The van der Waals surface area contributed by atoms with E-state index in [1.54, 1.807) is 135 Å². The minimum atomic E-state index is -0.680. The fourth-order valence-electron chi connectivity index (χ4n) is 12.0. The van der Waals surface area contributed by atoms with Crippen molar-refractivity contribution >= 4 is 113 Å². The van der Waals surface area contributed by atoms with Crippen LogP contribution in [0.25, 0.3) is 60.5 Å². The molecular formula is C81H77Br2FN22O5S. The summed E-state index contributed by atoms with van der Waals surface area (Å²) in [6, 6.07) is 41.9. The minimum absolute atomic E-state index is 0.128. The number of hydrogen-bond acceptors (Lipinski definition) is 21. The summed E-state index contributed by atoms with van der Waals surface area (Å²) in [6.45, 7) is 23.1. The van der Waals surface area contributed by atoms with Gasteiger partial charge in [0.25, 0.3) is 0 Å². The van der Waals surface area contributed by atoms with Crippen LogP contribution in [0.1, 0.15) is 82.2 Å². The van der Waals surface area contributed by atoms with E-state index in [1.807, 2.05) is 131 Å². The molecule has 27 nitrogen and oxygen atoms in total. The molecule has 568 valence electrons. The van der Waals surface area contributed by atoms with Gasteiger partial charge in [0.15, 0.2) is 28.3 Å². The van der Waals surface area contributed by atoms with Crippen LogP contribution in [0.3, 0.4) is 0 Å². The number of nitrogens with one attached hydrogen (secondary N) is 2. The number of thiophene rings is 1. The monoisotopic (exact) mass is 1650 g/mol.